The van der Waals surface area contributed by atoms with E-state index < -0.39 is 11.9 Å². The number of hydrogen-bond donors (Lipinski definition) is 1. The fraction of sp³-hybridized carbons (Fsp3) is 0.231. The first kappa shape index (κ1) is 21.2. The number of likely N-dealkylation sites (tertiary alicyclic amines) is 1. The Labute approximate surface area is 190 Å². The van der Waals surface area contributed by atoms with Crippen LogP contribution in [0.15, 0.2) is 72.8 Å². The minimum Gasteiger partial charge on any atom is -0.497 e. The van der Waals surface area contributed by atoms with Crippen LogP contribution in [0.3, 0.4) is 0 Å². The van der Waals surface area contributed by atoms with Crippen molar-refractivity contribution in [1.82, 2.24) is 4.90 Å². The first-order chi connectivity index (χ1) is 16.0. The zero-order valence-electron chi connectivity index (χ0n) is 18.0. The van der Waals surface area contributed by atoms with Crippen molar-refractivity contribution < 1.29 is 23.8 Å². The topological polar surface area (TPSA) is 70.1 Å². The molecule has 0 radical (unpaired) electrons. The normalized spacial score (nSPS) is 21.0. The van der Waals surface area contributed by atoms with E-state index in [1.54, 1.807) is 47.2 Å². The molecule has 2 aliphatic rings. The second-order valence-corrected chi connectivity index (χ2v) is 8.27. The molecule has 3 aromatic carbocycles. The molecule has 3 aromatic rings. The summed E-state index contributed by atoms with van der Waals surface area (Å²) in [6, 6.07) is 19.3. The predicted octanol–water partition coefficient (Wildman–Crippen LogP) is 3.46. The predicted molar refractivity (Wildman–Crippen MR) is 121 cm³/mol. The summed E-state index contributed by atoms with van der Waals surface area (Å²) in [4.78, 5) is 30.0. The first-order valence-corrected chi connectivity index (χ1v) is 10.8. The number of nitrogens with zero attached hydrogens (tertiary/aromatic N) is 2. The summed E-state index contributed by atoms with van der Waals surface area (Å²) in [5, 5.41) is 10.1. The standard InChI is InChI=1S/C26H23FN2O4/c1-33-19-9-5-7-17(13-19)25(31)28-14-22-24(20-10-2-3-11-21(20)28)23(15-30)29(22)26(32)16-6-4-8-18(27)12-16/h2-13,22-24,30H,14-15H2,1H3/t22-,23+,24+/m0/s1. The molecule has 2 heterocycles. The highest BCUT2D eigenvalue weighted by Gasteiger charge is 2.55. The zero-order valence-corrected chi connectivity index (χ0v) is 18.0. The lowest BCUT2D eigenvalue weighted by atomic mass is 9.71. The van der Waals surface area contributed by atoms with Crippen LogP contribution in [0.1, 0.15) is 32.2 Å². The molecule has 2 amide bonds. The van der Waals surface area contributed by atoms with Crippen molar-refractivity contribution in [2.45, 2.75) is 18.0 Å². The maximum Gasteiger partial charge on any atom is 0.258 e. The molecular formula is C26H23FN2O4. The van der Waals surface area contributed by atoms with Crippen molar-refractivity contribution in [3.8, 4) is 5.75 Å². The number of carbonyl (C=O) groups is 2. The monoisotopic (exact) mass is 446 g/mol. The number of amides is 2. The van der Waals surface area contributed by atoms with Gasteiger partial charge in [-0.25, -0.2) is 4.39 Å². The van der Waals surface area contributed by atoms with E-state index in [0.29, 0.717) is 11.3 Å². The molecule has 1 fully saturated rings. The number of hydrogen-bond acceptors (Lipinski definition) is 4. The molecule has 0 saturated carbocycles. The molecule has 2 aliphatic heterocycles. The number of halogens is 1. The summed E-state index contributed by atoms with van der Waals surface area (Å²) < 4.78 is 19.0. The van der Waals surface area contributed by atoms with Crippen molar-refractivity contribution in [2.24, 2.45) is 0 Å². The number of rotatable bonds is 4. The number of para-hydroxylation sites is 1. The SMILES string of the molecule is COc1cccc(C(=O)N2C[C@H]3[C@@H](c4ccccc42)[C@@H](CO)N3C(=O)c2cccc(F)c2)c1. The van der Waals surface area contributed by atoms with Crippen molar-refractivity contribution in [3.63, 3.8) is 0 Å². The van der Waals surface area contributed by atoms with Gasteiger partial charge in [-0.05, 0) is 48.0 Å². The number of methoxy groups -OCH3 is 1. The van der Waals surface area contributed by atoms with Crippen LogP contribution in [0.25, 0.3) is 0 Å². The number of ether oxygens (including phenoxy) is 1. The van der Waals surface area contributed by atoms with Gasteiger partial charge in [-0.15, -0.1) is 0 Å². The Balaban J connectivity index is 1.53. The summed E-state index contributed by atoms with van der Waals surface area (Å²) in [7, 11) is 1.55. The molecule has 0 unspecified atom stereocenters. The van der Waals surface area contributed by atoms with Crippen LogP contribution >= 0.6 is 0 Å². The van der Waals surface area contributed by atoms with Gasteiger partial charge in [0, 0.05) is 29.3 Å². The van der Waals surface area contributed by atoms with Crippen LogP contribution in [0, 0.1) is 5.82 Å². The van der Waals surface area contributed by atoms with Crippen LogP contribution in [-0.2, 0) is 0 Å². The Morgan fingerprint density at radius 2 is 1.73 bits per heavy atom. The number of fused-ring (bicyclic) bond motifs is 3. The van der Waals surface area contributed by atoms with E-state index >= 15 is 0 Å². The highest BCUT2D eigenvalue weighted by molar-refractivity contribution is 6.07. The molecule has 0 bridgehead atoms. The number of carbonyl (C=O) groups excluding carboxylic acids is 2. The Hall–Kier alpha value is -3.71. The van der Waals surface area contributed by atoms with E-state index in [9.17, 15) is 19.1 Å². The largest absolute Gasteiger partial charge is 0.497 e. The van der Waals surface area contributed by atoms with Gasteiger partial charge < -0.3 is 19.6 Å². The highest BCUT2D eigenvalue weighted by Crippen LogP contribution is 2.49. The quantitative estimate of drug-likeness (QED) is 0.667. The van der Waals surface area contributed by atoms with E-state index in [4.69, 9.17) is 4.74 Å². The number of benzene rings is 3. The van der Waals surface area contributed by atoms with Crippen molar-refractivity contribution in [2.75, 3.05) is 25.2 Å². The van der Waals surface area contributed by atoms with Gasteiger partial charge in [-0.1, -0.05) is 30.3 Å². The summed E-state index contributed by atoms with van der Waals surface area (Å²) in [5.74, 6) is -0.593. The third-order valence-corrected chi connectivity index (χ3v) is 6.55. The molecule has 3 atom stereocenters. The summed E-state index contributed by atoms with van der Waals surface area (Å²) in [6.07, 6.45) is 0. The average molecular weight is 446 g/mol. The minimum absolute atomic E-state index is 0.113. The molecule has 33 heavy (non-hydrogen) atoms. The van der Waals surface area contributed by atoms with Crippen LogP contribution in [0.5, 0.6) is 5.75 Å². The smallest absolute Gasteiger partial charge is 0.258 e. The molecule has 0 spiro atoms. The van der Waals surface area contributed by atoms with Crippen LogP contribution in [0.2, 0.25) is 0 Å². The molecule has 1 N–H and O–H groups in total. The number of aliphatic hydroxyl groups excluding tert-OH is 1. The van der Waals surface area contributed by atoms with Crippen molar-refractivity contribution >= 4 is 17.5 Å². The summed E-state index contributed by atoms with van der Waals surface area (Å²) in [6.45, 7) is 0.0513. The first-order valence-electron chi connectivity index (χ1n) is 10.8. The molecular weight excluding hydrogens is 423 g/mol. The van der Waals surface area contributed by atoms with Gasteiger partial charge in [0.1, 0.15) is 11.6 Å². The maximum absolute atomic E-state index is 13.8. The Morgan fingerprint density at radius 3 is 2.45 bits per heavy atom. The van der Waals surface area contributed by atoms with Crippen LogP contribution in [-0.4, -0.2) is 54.2 Å². The van der Waals surface area contributed by atoms with Crippen molar-refractivity contribution in [3.05, 3.63) is 95.3 Å². The maximum atomic E-state index is 13.8. The third kappa shape index (κ3) is 3.45. The molecule has 168 valence electrons. The summed E-state index contributed by atoms with van der Waals surface area (Å²) in [5.41, 5.74) is 2.37. The fourth-order valence-corrected chi connectivity index (χ4v) is 5.04. The third-order valence-electron chi connectivity index (χ3n) is 6.55. The van der Waals surface area contributed by atoms with Gasteiger partial charge in [0.2, 0.25) is 0 Å². The number of anilines is 1. The Bertz CT molecular complexity index is 1230. The lowest BCUT2D eigenvalue weighted by Gasteiger charge is -2.58. The second-order valence-electron chi connectivity index (χ2n) is 8.27. The zero-order chi connectivity index (χ0) is 23.1. The Morgan fingerprint density at radius 1 is 1.00 bits per heavy atom. The molecule has 5 rings (SSSR count). The van der Waals surface area contributed by atoms with E-state index in [1.807, 2.05) is 24.3 Å². The van der Waals surface area contributed by atoms with E-state index in [1.165, 1.54) is 18.2 Å². The lowest BCUT2D eigenvalue weighted by Crippen LogP contribution is -2.70. The van der Waals surface area contributed by atoms with Crippen LogP contribution < -0.4 is 9.64 Å². The van der Waals surface area contributed by atoms with Gasteiger partial charge in [-0.3, -0.25) is 9.59 Å². The molecule has 1 saturated heterocycles. The molecule has 0 aliphatic carbocycles. The highest BCUT2D eigenvalue weighted by atomic mass is 19.1. The fourth-order valence-electron chi connectivity index (χ4n) is 5.04. The molecule has 6 nitrogen and oxygen atoms in total. The van der Waals surface area contributed by atoms with Gasteiger partial charge in [0.05, 0.1) is 25.8 Å². The lowest BCUT2D eigenvalue weighted by molar-refractivity contribution is -0.0246. The summed E-state index contributed by atoms with van der Waals surface area (Å²) >= 11 is 0. The van der Waals surface area contributed by atoms with Gasteiger partial charge in [0.15, 0.2) is 0 Å². The van der Waals surface area contributed by atoms with E-state index in [0.717, 1.165) is 11.3 Å². The van der Waals surface area contributed by atoms with Gasteiger partial charge in [-0.2, -0.15) is 0 Å². The second kappa shape index (κ2) is 8.33. The average Bonchev–Trinajstić information content (AvgIpc) is 2.84. The van der Waals surface area contributed by atoms with Gasteiger partial charge >= 0.3 is 0 Å². The Kier molecular flexibility index (Phi) is 5.34. The van der Waals surface area contributed by atoms with Crippen LogP contribution in [0.4, 0.5) is 10.1 Å². The van der Waals surface area contributed by atoms with E-state index in [2.05, 4.69) is 0 Å². The van der Waals surface area contributed by atoms with E-state index in [-0.39, 0.29) is 42.5 Å². The van der Waals surface area contributed by atoms with Gasteiger partial charge in [0.25, 0.3) is 11.8 Å². The minimum atomic E-state index is -0.498. The molecule has 0 aromatic heterocycles. The van der Waals surface area contributed by atoms with Crippen molar-refractivity contribution in [1.29, 1.82) is 0 Å². The number of aliphatic hydroxyl groups is 1. The molecule has 7 heteroatoms.